The van der Waals surface area contributed by atoms with Gasteiger partial charge in [0.1, 0.15) is 12.2 Å². The van der Waals surface area contributed by atoms with Crippen LogP contribution in [0.25, 0.3) is 33.3 Å². The number of aromatic amines is 2. The molecule has 358 valence electrons. The molecule has 0 spiro atoms. The van der Waals surface area contributed by atoms with Crippen molar-refractivity contribution in [1.82, 2.24) is 40.0 Å². The number of nitrogens with zero attached hydrogens (tertiary/aromatic N) is 5. The van der Waals surface area contributed by atoms with Crippen LogP contribution >= 0.6 is 0 Å². The van der Waals surface area contributed by atoms with Crippen molar-refractivity contribution in [3.63, 3.8) is 0 Å². The third-order valence-electron chi connectivity index (χ3n) is 13.0. The van der Waals surface area contributed by atoms with Gasteiger partial charge in [-0.25, -0.2) is 19.6 Å². The summed E-state index contributed by atoms with van der Waals surface area (Å²) in [7, 11) is 1.69. The van der Waals surface area contributed by atoms with E-state index in [1.165, 1.54) is 11.0 Å². The van der Waals surface area contributed by atoms with Crippen molar-refractivity contribution >= 4 is 63.1 Å². The van der Waals surface area contributed by atoms with E-state index in [9.17, 15) is 24.3 Å². The Morgan fingerprint density at radius 3 is 2.37 bits per heavy atom. The Labute approximate surface area is 391 Å². The molecule has 67 heavy (non-hydrogen) atoms. The smallest absolute Gasteiger partial charge is 0.407 e. The van der Waals surface area contributed by atoms with Crippen molar-refractivity contribution in [2.24, 2.45) is 0 Å². The number of aromatic nitrogens is 4. The molecule has 8 bridgehead atoms. The van der Waals surface area contributed by atoms with Crippen LogP contribution in [0.5, 0.6) is 0 Å². The summed E-state index contributed by atoms with van der Waals surface area (Å²) in [4.78, 5) is 91.1. The molecule has 4 amide bonds. The molecule has 2 aromatic heterocycles. The number of ether oxygens (including phenoxy) is 3. The van der Waals surface area contributed by atoms with Crippen LogP contribution in [-0.2, 0) is 23.8 Å². The van der Waals surface area contributed by atoms with E-state index in [4.69, 9.17) is 24.2 Å². The second-order valence-electron chi connectivity index (χ2n) is 18.6. The molecule has 0 radical (unpaired) electrons. The topological polar surface area (TPSA) is 212 Å². The molecule has 0 saturated carbocycles. The number of morpholine rings is 1. The lowest BCUT2D eigenvalue weighted by atomic mass is 9.84. The zero-order valence-electron chi connectivity index (χ0n) is 40.2. The number of allylic oxidation sites excluding steroid dienone is 5. The van der Waals surface area contributed by atoms with Gasteiger partial charge in [-0.2, -0.15) is 0 Å². The minimum absolute atomic E-state index is 0.130. The zero-order chi connectivity index (χ0) is 48.3. The molecule has 5 aliphatic rings. The van der Waals surface area contributed by atoms with E-state index in [1.807, 2.05) is 45.9 Å². The molecule has 0 unspecified atom stereocenters. The number of nitrogens with one attached hydrogen (secondary N) is 3. The Morgan fingerprint density at radius 2 is 1.67 bits per heavy atom. The third kappa shape index (κ3) is 10.5. The zero-order valence-corrected chi connectivity index (χ0v) is 40.2. The molecule has 2 atom stereocenters. The summed E-state index contributed by atoms with van der Waals surface area (Å²) < 4.78 is 16.0. The molecule has 4 N–H and O–H groups in total. The Hall–Kier alpha value is -6.17. The second-order valence-corrected chi connectivity index (χ2v) is 18.6. The number of hydrogen-bond acceptors (Lipinski definition) is 12. The number of hydrogen-bond donors (Lipinski definition) is 4. The van der Waals surface area contributed by atoms with Gasteiger partial charge < -0.3 is 39.5 Å². The average Bonchev–Trinajstić information content (AvgIpc) is 3.96. The lowest BCUT2D eigenvalue weighted by molar-refractivity contribution is -0.138. The maximum atomic E-state index is 15.2. The molecule has 5 aliphatic heterocycles. The number of fused-ring (bicyclic) bond motifs is 8. The number of alkyl carbamates (subject to hydrolysis) is 1. The molecule has 0 aromatic carbocycles. The van der Waals surface area contributed by atoms with Crippen LogP contribution in [0.3, 0.4) is 0 Å². The van der Waals surface area contributed by atoms with Crippen LogP contribution in [0.2, 0.25) is 0 Å². The summed E-state index contributed by atoms with van der Waals surface area (Å²) in [6, 6.07) is 5.80. The minimum Gasteiger partial charge on any atom is -0.460 e. The number of likely N-dealkylation sites (N-methyl/N-ethyl adjacent to an activating group) is 1. The first-order chi connectivity index (χ1) is 31.9. The van der Waals surface area contributed by atoms with Gasteiger partial charge in [0.05, 0.1) is 59.2 Å². The van der Waals surface area contributed by atoms with Gasteiger partial charge in [0, 0.05) is 93.1 Å². The highest BCUT2D eigenvalue weighted by atomic mass is 16.6. The molecular weight excluding hydrogens is 857 g/mol. The lowest BCUT2D eigenvalue weighted by Gasteiger charge is -2.31. The summed E-state index contributed by atoms with van der Waals surface area (Å²) in [5, 5.41) is 11.9. The minimum atomic E-state index is -0.657. The molecule has 2 aromatic rings. The van der Waals surface area contributed by atoms with Crippen molar-refractivity contribution in [3.8, 4) is 0 Å². The van der Waals surface area contributed by atoms with Gasteiger partial charge in [0.15, 0.2) is 0 Å². The summed E-state index contributed by atoms with van der Waals surface area (Å²) in [6.07, 6.45) is 3.57. The number of esters is 1. The fraction of sp³-hybridized carbons (Fsp3) is 0.500. The van der Waals surface area contributed by atoms with E-state index in [0.29, 0.717) is 107 Å². The Kier molecular flexibility index (Phi) is 14.8. The summed E-state index contributed by atoms with van der Waals surface area (Å²) in [6.45, 7) is 18.5. The molecular formula is C50H64N8O9. The third-order valence-corrected chi connectivity index (χ3v) is 13.0. The first kappa shape index (κ1) is 48.8. The highest BCUT2D eigenvalue weighted by Gasteiger charge is 2.41. The number of aliphatic hydroxyl groups excluding tert-OH is 1. The van der Waals surface area contributed by atoms with E-state index in [1.54, 1.807) is 38.8 Å². The monoisotopic (exact) mass is 920 g/mol. The Balaban J connectivity index is 1.39. The summed E-state index contributed by atoms with van der Waals surface area (Å²) in [5.41, 5.74) is 9.26. The van der Waals surface area contributed by atoms with Gasteiger partial charge in [-0.3, -0.25) is 24.2 Å². The average molecular weight is 921 g/mol. The predicted octanol–water partition coefficient (Wildman–Crippen LogP) is 6.29. The maximum Gasteiger partial charge on any atom is 0.407 e. The van der Waals surface area contributed by atoms with Gasteiger partial charge in [-0.15, -0.1) is 0 Å². The van der Waals surface area contributed by atoms with Crippen LogP contribution in [0.15, 0.2) is 30.4 Å². The highest BCUT2D eigenvalue weighted by Crippen LogP contribution is 2.45. The number of imide groups is 1. The first-order valence-corrected chi connectivity index (χ1v) is 23.2. The quantitative estimate of drug-likeness (QED) is 0.0936. The highest BCUT2D eigenvalue weighted by molar-refractivity contribution is 6.23. The fourth-order valence-corrected chi connectivity index (χ4v) is 9.23. The van der Waals surface area contributed by atoms with Gasteiger partial charge in [0.25, 0.3) is 11.8 Å². The first-order valence-electron chi connectivity index (χ1n) is 23.2. The molecule has 17 heteroatoms. The van der Waals surface area contributed by atoms with Crippen LogP contribution in [0, 0.1) is 6.92 Å². The van der Waals surface area contributed by atoms with E-state index >= 15 is 4.79 Å². The van der Waals surface area contributed by atoms with Crippen LogP contribution in [0.4, 0.5) is 4.79 Å². The molecule has 1 fully saturated rings. The molecule has 7 heterocycles. The summed E-state index contributed by atoms with van der Waals surface area (Å²) in [5.74, 6) is -2.20. The van der Waals surface area contributed by atoms with Gasteiger partial charge in [-0.1, -0.05) is 13.8 Å². The number of rotatable bonds is 14. The maximum absolute atomic E-state index is 15.2. The molecule has 17 nitrogen and oxygen atoms in total. The van der Waals surface area contributed by atoms with Crippen molar-refractivity contribution in [3.05, 3.63) is 81.2 Å². The number of carbonyl (C=O) groups is 5. The predicted molar refractivity (Wildman–Crippen MR) is 254 cm³/mol. The SMILES string of the molecule is CCC1=C(C)c2cc3nc(cc4[nH]c(c5c6[nH]c(cc1n2)c(C)c6C(=O)N(CCN1CCOCC1)C5=O)[C@@H](CCC(=O)N(C)CCNC(=O)OC(C)(C)C)[C@@H]4C)C(C)=C3/C=C/C(=O)OCCO. The summed E-state index contributed by atoms with van der Waals surface area (Å²) >= 11 is 0. The van der Waals surface area contributed by atoms with Crippen molar-refractivity contribution in [2.45, 2.75) is 92.1 Å². The number of aliphatic hydroxyl groups is 1. The van der Waals surface area contributed by atoms with Crippen LogP contribution in [0.1, 0.15) is 140 Å². The molecule has 0 aliphatic carbocycles. The van der Waals surface area contributed by atoms with Crippen LogP contribution in [-0.4, -0.2) is 148 Å². The van der Waals surface area contributed by atoms with Gasteiger partial charge >= 0.3 is 12.1 Å². The van der Waals surface area contributed by atoms with Crippen molar-refractivity contribution in [1.29, 1.82) is 0 Å². The normalized spacial score (nSPS) is 18.2. The number of aryl methyl sites for hydroxylation is 1. The molecule has 1 saturated heterocycles. The number of H-pyrrole nitrogens is 2. The second kappa shape index (κ2) is 20.4. The van der Waals surface area contributed by atoms with Crippen molar-refractivity contribution in [2.75, 3.05) is 72.7 Å². The number of amides is 4. The van der Waals surface area contributed by atoms with E-state index in [-0.39, 0.29) is 62.9 Å². The van der Waals surface area contributed by atoms with Gasteiger partial charge in [0.2, 0.25) is 5.91 Å². The number of carbonyl (C=O) groups excluding carboxylic acids is 5. The van der Waals surface area contributed by atoms with E-state index < -0.39 is 23.6 Å². The van der Waals surface area contributed by atoms with Crippen LogP contribution < -0.4 is 5.32 Å². The largest absolute Gasteiger partial charge is 0.460 e. The lowest BCUT2D eigenvalue weighted by Crippen LogP contribution is -2.47. The Bertz CT molecular complexity index is 2630. The fourth-order valence-electron chi connectivity index (χ4n) is 9.23. The van der Waals surface area contributed by atoms with Gasteiger partial charge in [-0.05, 0) is 101 Å². The molecule has 7 rings (SSSR count). The van der Waals surface area contributed by atoms with E-state index in [2.05, 4.69) is 27.1 Å². The standard InChI is InChI=1S/C50H64N8O9/c1-10-32-28(2)36-26-40-33(12-14-42(61)66-24-21-59)29(3)35(53-40)25-37-30(4)34(11-13-41(60)56(9)16-15-51-49(64)67-50(6,7)8)45(54-37)44-46-43(31(5)38(55-46)27-39(32)52-36)47(62)58(48(44)63)18-17-57-19-22-65-23-20-57/h12,14,25-27,30,34,54-55,59H,10-11,13,15-24H2,1-9H3,(H,51,64)/b14-12+,37-25?,39-27?,40-26?,45-44?/t30-,34-/m0/s1. The van der Waals surface area contributed by atoms with E-state index in [0.717, 1.165) is 22.4 Å². The Morgan fingerprint density at radius 1 is 0.970 bits per heavy atom. The van der Waals surface area contributed by atoms with Crippen molar-refractivity contribution < 1.29 is 43.3 Å².